The molecule has 3 nitrogen and oxygen atoms in total. The average Bonchev–Trinajstić information content (AvgIpc) is 2.10. The van der Waals surface area contributed by atoms with Crippen molar-refractivity contribution < 1.29 is 9.05 Å². The molecule has 4 heteroatoms. The van der Waals surface area contributed by atoms with Crippen molar-refractivity contribution >= 4 is 8.53 Å². The highest BCUT2D eigenvalue weighted by Crippen LogP contribution is 2.48. The first kappa shape index (κ1) is 17.3. The Morgan fingerprint density at radius 1 is 1.06 bits per heavy atom. The fourth-order valence-electron chi connectivity index (χ4n) is 1.52. The van der Waals surface area contributed by atoms with Crippen molar-refractivity contribution in [1.82, 2.24) is 4.67 Å². The number of hydrogen-bond donors (Lipinski definition) is 0. The summed E-state index contributed by atoms with van der Waals surface area (Å²) in [5, 5.41) is 0. The molecule has 0 rings (SSSR count). The molecule has 0 aliphatic carbocycles. The Morgan fingerprint density at radius 3 is 1.82 bits per heavy atom. The maximum Gasteiger partial charge on any atom is 0.259 e. The van der Waals surface area contributed by atoms with Crippen LogP contribution in [0, 0.1) is 0 Å². The summed E-state index contributed by atoms with van der Waals surface area (Å²) in [4.78, 5) is 0. The summed E-state index contributed by atoms with van der Waals surface area (Å²) in [6.07, 6.45) is 1.02. The third kappa shape index (κ3) is 7.35. The summed E-state index contributed by atoms with van der Waals surface area (Å²) in [6, 6.07) is 0.862. The van der Waals surface area contributed by atoms with Crippen molar-refractivity contribution in [2.24, 2.45) is 0 Å². The van der Waals surface area contributed by atoms with Crippen molar-refractivity contribution in [1.29, 1.82) is 0 Å². The van der Waals surface area contributed by atoms with E-state index in [2.05, 4.69) is 60.1 Å². The van der Waals surface area contributed by atoms with Crippen LogP contribution in [0.5, 0.6) is 0 Å². The monoisotopic (exact) mass is 263 g/mol. The zero-order valence-corrected chi connectivity index (χ0v) is 13.7. The molecular weight excluding hydrogens is 233 g/mol. The van der Waals surface area contributed by atoms with Crippen LogP contribution in [-0.4, -0.2) is 29.0 Å². The predicted molar refractivity (Wildman–Crippen MR) is 76.1 cm³/mol. The molecule has 0 saturated heterocycles. The fourth-order valence-corrected chi connectivity index (χ4v) is 3.36. The van der Waals surface area contributed by atoms with E-state index in [-0.39, 0.29) is 5.60 Å². The standard InChI is InChI=1S/C13H30NO2P/c1-9-10-15-17(16-13(6,7)8)14(11(2)3)12(4)5/h11-12H,9-10H2,1-8H3. The molecule has 0 radical (unpaired) electrons. The normalized spacial score (nSPS) is 15.0. The van der Waals surface area contributed by atoms with Crippen molar-refractivity contribution in [3.63, 3.8) is 0 Å². The fraction of sp³-hybridized carbons (Fsp3) is 1.00. The summed E-state index contributed by atoms with van der Waals surface area (Å²) >= 11 is 0. The van der Waals surface area contributed by atoms with E-state index in [1.807, 2.05) is 0 Å². The summed E-state index contributed by atoms with van der Waals surface area (Å²) in [7, 11) is -0.964. The van der Waals surface area contributed by atoms with Crippen molar-refractivity contribution in [2.75, 3.05) is 6.61 Å². The highest BCUT2D eigenvalue weighted by molar-refractivity contribution is 7.44. The first-order valence-corrected chi connectivity index (χ1v) is 7.72. The van der Waals surface area contributed by atoms with Gasteiger partial charge in [-0.2, -0.15) is 0 Å². The number of rotatable bonds is 7. The molecule has 0 saturated carbocycles. The van der Waals surface area contributed by atoms with Crippen LogP contribution in [0.4, 0.5) is 0 Å². The molecule has 0 bridgehead atoms. The van der Waals surface area contributed by atoms with E-state index in [4.69, 9.17) is 9.05 Å². The molecule has 0 aliphatic rings. The topological polar surface area (TPSA) is 21.7 Å². The van der Waals surface area contributed by atoms with E-state index >= 15 is 0 Å². The number of hydrogen-bond acceptors (Lipinski definition) is 3. The van der Waals surface area contributed by atoms with E-state index in [1.165, 1.54) is 0 Å². The van der Waals surface area contributed by atoms with E-state index in [9.17, 15) is 0 Å². The summed E-state index contributed by atoms with van der Waals surface area (Å²) < 4.78 is 14.3. The van der Waals surface area contributed by atoms with Gasteiger partial charge in [0.05, 0.1) is 12.2 Å². The highest BCUT2D eigenvalue weighted by atomic mass is 31.2. The summed E-state index contributed by atoms with van der Waals surface area (Å²) in [5.74, 6) is 0. The predicted octanol–water partition coefficient (Wildman–Crippen LogP) is 4.57. The van der Waals surface area contributed by atoms with Gasteiger partial charge in [0, 0.05) is 12.1 Å². The molecule has 0 fully saturated rings. The van der Waals surface area contributed by atoms with Gasteiger partial charge in [-0.1, -0.05) is 6.92 Å². The molecule has 104 valence electrons. The van der Waals surface area contributed by atoms with E-state index in [1.54, 1.807) is 0 Å². The molecule has 0 heterocycles. The van der Waals surface area contributed by atoms with Gasteiger partial charge in [0.15, 0.2) is 0 Å². The molecule has 0 amide bonds. The molecule has 0 spiro atoms. The van der Waals surface area contributed by atoms with Crippen LogP contribution in [-0.2, 0) is 9.05 Å². The minimum atomic E-state index is -0.964. The summed E-state index contributed by atoms with van der Waals surface area (Å²) in [5.41, 5.74) is -0.165. The van der Waals surface area contributed by atoms with E-state index < -0.39 is 8.53 Å². The molecule has 0 aromatic heterocycles. The molecule has 1 unspecified atom stereocenters. The Morgan fingerprint density at radius 2 is 1.53 bits per heavy atom. The van der Waals surface area contributed by atoms with Crippen LogP contribution in [0.1, 0.15) is 61.8 Å². The average molecular weight is 263 g/mol. The summed E-state index contributed by atoms with van der Waals surface area (Å²) in [6.45, 7) is 17.9. The Kier molecular flexibility index (Phi) is 7.82. The van der Waals surface area contributed by atoms with Gasteiger partial charge in [-0.3, -0.25) is 0 Å². The second kappa shape index (κ2) is 7.68. The van der Waals surface area contributed by atoms with E-state index in [0.29, 0.717) is 12.1 Å². The third-order valence-electron chi connectivity index (χ3n) is 2.00. The lowest BCUT2D eigenvalue weighted by atomic mass is 10.2. The largest absolute Gasteiger partial charge is 0.322 e. The Bertz CT molecular complexity index is 194. The van der Waals surface area contributed by atoms with Gasteiger partial charge in [-0.05, 0) is 54.9 Å². The minimum Gasteiger partial charge on any atom is -0.322 e. The lowest BCUT2D eigenvalue weighted by Gasteiger charge is -2.38. The smallest absolute Gasteiger partial charge is 0.259 e. The Hall–Kier alpha value is 0.310. The van der Waals surface area contributed by atoms with Crippen LogP contribution in [0.3, 0.4) is 0 Å². The lowest BCUT2D eigenvalue weighted by Crippen LogP contribution is -2.35. The zero-order valence-electron chi connectivity index (χ0n) is 12.8. The SMILES string of the molecule is CCCOP(OC(C)(C)C)N(C(C)C)C(C)C. The van der Waals surface area contributed by atoms with Crippen molar-refractivity contribution in [3.8, 4) is 0 Å². The van der Waals surface area contributed by atoms with Gasteiger partial charge in [-0.25, -0.2) is 4.67 Å². The van der Waals surface area contributed by atoms with Crippen LogP contribution in [0.25, 0.3) is 0 Å². The first-order valence-electron chi connectivity index (χ1n) is 6.59. The number of nitrogens with zero attached hydrogens (tertiary/aromatic N) is 1. The van der Waals surface area contributed by atoms with Crippen LogP contribution < -0.4 is 0 Å². The lowest BCUT2D eigenvalue weighted by molar-refractivity contribution is 0.0863. The van der Waals surface area contributed by atoms with Crippen LogP contribution >= 0.6 is 8.53 Å². The molecular formula is C13H30NO2P. The molecule has 0 N–H and O–H groups in total. The van der Waals surface area contributed by atoms with Crippen molar-refractivity contribution in [3.05, 3.63) is 0 Å². The van der Waals surface area contributed by atoms with Crippen LogP contribution in [0.2, 0.25) is 0 Å². The van der Waals surface area contributed by atoms with Gasteiger partial charge in [0.2, 0.25) is 0 Å². The second-order valence-corrected chi connectivity index (χ2v) is 7.22. The quantitative estimate of drug-likeness (QED) is 0.628. The van der Waals surface area contributed by atoms with Gasteiger partial charge in [-0.15, -0.1) is 0 Å². The van der Waals surface area contributed by atoms with Crippen molar-refractivity contribution in [2.45, 2.75) is 79.5 Å². The van der Waals surface area contributed by atoms with Gasteiger partial charge >= 0.3 is 0 Å². The maximum absolute atomic E-state index is 6.09. The Balaban J connectivity index is 4.73. The van der Waals surface area contributed by atoms with Gasteiger partial charge in [0.25, 0.3) is 8.53 Å². The molecule has 1 atom stereocenters. The van der Waals surface area contributed by atoms with Gasteiger partial charge in [0.1, 0.15) is 0 Å². The minimum absolute atomic E-state index is 0.165. The molecule has 0 aliphatic heterocycles. The van der Waals surface area contributed by atoms with Crippen LogP contribution in [0.15, 0.2) is 0 Å². The molecule has 0 aromatic carbocycles. The zero-order chi connectivity index (χ0) is 13.6. The first-order chi connectivity index (χ1) is 7.69. The second-order valence-electron chi connectivity index (χ2n) is 5.84. The maximum atomic E-state index is 6.09. The molecule has 0 aromatic rings. The highest BCUT2D eigenvalue weighted by Gasteiger charge is 2.30. The third-order valence-corrected chi connectivity index (χ3v) is 4.41. The van der Waals surface area contributed by atoms with E-state index in [0.717, 1.165) is 13.0 Å². The van der Waals surface area contributed by atoms with Gasteiger partial charge < -0.3 is 9.05 Å². The molecule has 17 heavy (non-hydrogen) atoms. The Labute approximate surface area is 109 Å².